The van der Waals surface area contributed by atoms with Crippen molar-refractivity contribution in [1.29, 1.82) is 0 Å². The van der Waals surface area contributed by atoms with Gasteiger partial charge in [0.25, 0.3) is 0 Å². The second-order valence-corrected chi connectivity index (χ2v) is 5.37. The van der Waals surface area contributed by atoms with Gasteiger partial charge in [-0.1, -0.05) is 18.6 Å². The molecule has 3 nitrogen and oxygen atoms in total. The van der Waals surface area contributed by atoms with Crippen molar-refractivity contribution < 1.29 is 0 Å². The number of hydrogen-bond donors (Lipinski definition) is 1. The molecule has 3 heteroatoms. The lowest BCUT2D eigenvalue weighted by molar-refractivity contribution is 0.379. The van der Waals surface area contributed by atoms with E-state index >= 15 is 0 Å². The van der Waals surface area contributed by atoms with Gasteiger partial charge in [0.1, 0.15) is 0 Å². The third-order valence-electron chi connectivity index (χ3n) is 3.55. The molecule has 0 aromatic carbocycles. The minimum absolute atomic E-state index is 0.743. The van der Waals surface area contributed by atoms with Gasteiger partial charge in [-0.05, 0) is 44.2 Å². The maximum Gasteiger partial charge on any atom is 0.0518 e. The molecule has 2 unspecified atom stereocenters. The first-order valence-electron chi connectivity index (χ1n) is 6.50. The van der Waals surface area contributed by atoms with E-state index < -0.39 is 0 Å². The van der Waals surface area contributed by atoms with E-state index in [4.69, 9.17) is 0 Å². The summed E-state index contributed by atoms with van der Waals surface area (Å²) in [4.78, 5) is 0. The normalized spacial score (nSPS) is 24.8. The average molecular weight is 233 g/mol. The number of nitrogens with zero attached hydrogens (tertiary/aromatic N) is 2. The molecule has 0 aliphatic heterocycles. The lowest BCUT2D eigenvalue weighted by Gasteiger charge is -2.25. The molecule has 0 spiro atoms. The maximum absolute atomic E-state index is 4.17. The first-order valence-corrected chi connectivity index (χ1v) is 6.50. The zero-order valence-electron chi connectivity index (χ0n) is 11.1. The van der Waals surface area contributed by atoms with Crippen LogP contribution in [-0.4, -0.2) is 16.3 Å². The van der Waals surface area contributed by atoms with Crippen molar-refractivity contribution >= 4 is 0 Å². The number of rotatable bonds is 4. The molecule has 0 saturated heterocycles. The van der Waals surface area contributed by atoms with Crippen molar-refractivity contribution in [3.8, 4) is 0 Å². The third-order valence-corrected chi connectivity index (χ3v) is 3.55. The molecule has 0 radical (unpaired) electrons. The van der Waals surface area contributed by atoms with Crippen LogP contribution in [0.15, 0.2) is 23.9 Å². The lowest BCUT2D eigenvalue weighted by Crippen LogP contribution is -2.26. The molecule has 2 rings (SSSR count). The molecular weight excluding hydrogens is 210 g/mol. The molecule has 1 aromatic rings. The average Bonchev–Trinajstić information content (AvgIpc) is 2.63. The number of hydrogen-bond acceptors (Lipinski definition) is 2. The predicted molar refractivity (Wildman–Crippen MR) is 70.6 cm³/mol. The smallest absolute Gasteiger partial charge is 0.0518 e. The summed E-state index contributed by atoms with van der Waals surface area (Å²) in [7, 11) is 1.99. The zero-order chi connectivity index (χ0) is 12.3. The van der Waals surface area contributed by atoms with Crippen molar-refractivity contribution in [1.82, 2.24) is 15.1 Å². The summed E-state index contributed by atoms with van der Waals surface area (Å²) in [5, 5.41) is 7.73. The van der Waals surface area contributed by atoms with Crippen LogP contribution in [-0.2, 0) is 13.6 Å². The van der Waals surface area contributed by atoms with E-state index in [-0.39, 0.29) is 0 Å². The molecule has 1 N–H and O–H groups in total. The number of allylic oxidation sites excluding steroid dienone is 2. The van der Waals surface area contributed by atoms with Crippen LogP contribution in [0.25, 0.3) is 0 Å². The topological polar surface area (TPSA) is 29.9 Å². The molecule has 2 atom stereocenters. The van der Waals surface area contributed by atoms with E-state index in [0.29, 0.717) is 0 Å². The summed E-state index contributed by atoms with van der Waals surface area (Å²) in [5.41, 5.74) is 2.80. The van der Waals surface area contributed by atoms with E-state index in [1.54, 1.807) is 5.57 Å². The second kappa shape index (κ2) is 5.50. The van der Waals surface area contributed by atoms with Gasteiger partial charge in [0.2, 0.25) is 0 Å². The van der Waals surface area contributed by atoms with Gasteiger partial charge >= 0.3 is 0 Å². The number of aryl methyl sites for hydroxylation is 1. The Bertz CT molecular complexity index is 392. The molecule has 1 aliphatic rings. The van der Waals surface area contributed by atoms with Gasteiger partial charge in [0.15, 0.2) is 0 Å². The monoisotopic (exact) mass is 233 g/mol. The highest BCUT2D eigenvalue weighted by Gasteiger charge is 2.17. The van der Waals surface area contributed by atoms with Gasteiger partial charge in [-0.3, -0.25) is 4.68 Å². The van der Waals surface area contributed by atoms with Crippen LogP contribution in [0, 0.1) is 11.8 Å². The van der Waals surface area contributed by atoms with E-state index in [9.17, 15) is 0 Å². The first kappa shape index (κ1) is 12.4. The van der Waals surface area contributed by atoms with Crippen LogP contribution in [0.3, 0.4) is 0 Å². The molecular formula is C14H23N3. The van der Waals surface area contributed by atoms with Crippen molar-refractivity contribution in [2.24, 2.45) is 18.9 Å². The minimum Gasteiger partial charge on any atom is -0.311 e. The van der Waals surface area contributed by atoms with Gasteiger partial charge < -0.3 is 5.32 Å². The van der Waals surface area contributed by atoms with E-state index in [2.05, 4.69) is 36.4 Å². The number of nitrogens with one attached hydrogen (secondary N) is 1. The standard InChI is InChI=1S/C14H23N3/c1-11-6-12(2)8-13(7-11)9-15-10-14-4-5-16-17(14)3/h4-6,11,13,15H,7-10H2,1-3H3. The third kappa shape index (κ3) is 3.43. The molecule has 0 saturated carbocycles. The summed E-state index contributed by atoms with van der Waals surface area (Å²) in [6.07, 6.45) is 6.84. The fraction of sp³-hybridized carbons (Fsp3) is 0.643. The fourth-order valence-electron chi connectivity index (χ4n) is 2.82. The Kier molecular flexibility index (Phi) is 4.00. The summed E-state index contributed by atoms with van der Waals surface area (Å²) >= 11 is 0. The molecule has 0 fully saturated rings. The molecule has 1 aromatic heterocycles. The van der Waals surface area contributed by atoms with Gasteiger partial charge in [-0.2, -0.15) is 5.10 Å². The highest BCUT2D eigenvalue weighted by Crippen LogP contribution is 2.27. The van der Waals surface area contributed by atoms with Crippen molar-refractivity contribution in [3.63, 3.8) is 0 Å². The first-order chi connectivity index (χ1) is 8.15. The fourth-order valence-corrected chi connectivity index (χ4v) is 2.82. The van der Waals surface area contributed by atoms with E-state index in [1.165, 1.54) is 18.5 Å². The highest BCUT2D eigenvalue weighted by atomic mass is 15.3. The SMILES string of the molecule is CC1=CC(C)CC(CNCc2ccnn2C)C1. The van der Waals surface area contributed by atoms with Crippen molar-refractivity contribution in [3.05, 3.63) is 29.6 Å². The Morgan fingerprint density at radius 2 is 2.35 bits per heavy atom. The Morgan fingerprint density at radius 1 is 1.53 bits per heavy atom. The van der Waals surface area contributed by atoms with Crippen LogP contribution in [0.1, 0.15) is 32.4 Å². The van der Waals surface area contributed by atoms with Crippen molar-refractivity contribution in [2.75, 3.05) is 6.54 Å². The Morgan fingerprint density at radius 3 is 3.00 bits per heavy atom. The molecule has 94 valence electrons. The predicted octanol–water partition coefficient (Wildman–Crippen LogP) is 2.50. The van der Waals surface area contributed by atoms with E-state index in [0.717, 1.165) is 24.9 Å². The van der Waals surface area contributed by atoms with Crippen LogP contribution in [0.5, 0.6) is 0 Å². The van der Waals surface area contributed by atoms with Gasteiger partial charge in [0.05, 0.1) is 5.69 Å². The summed E-state index contributed by atoms with van der Waals surface area (Å²) < 4.78 is 1.93. The largest absolute Gasteiger partial charge is 0.311 e. The Labute approximate surface area is 104 Å². The molecule has 1 aliphatic carbocycles. The quantitative estimate of drug-likeness (QED) is 0.810. The van der Waals surface area contributed by atoms with Crippen molar-refractivity contribution in [2.45, 2.75) is 33.2 Å². The van der Waals surface area contributed by atoms with Crippen LogP contribution < -0.4 is 5.32 Å². The van der Waals surface area contributed by atoms with Crippen LogP contribution in [0.4, 0.5) is 0 Å². The zero-order valence-corrected chi connectivity index (χ0v) is 11.1. The maximum atomic E-state index is 4.17. The van der Waals surface area contributed by atoms with Gasteiger partial charge in [-0.25, -0.2) is 0 Å². The number of aromatic nitrogens is 2. The molecule has 1 heterocycles. The summed E-state index contributed by atoms with van der Waals surface area (Å²) in [6, 6.07) is 2.07. The van der Waals surface area contributed by atoms with Crippen LogP contribution >= 0.6 is 0 Å². The molecule has 0 bridgehead atoms. The van der Waals surface area contributed by atoms with Gasteiger partial charge in [-0.15, -0.1) is 0 Å². The summed E-state index contributed by atoms with van der Waals surface area (Å²) in [6.45, 7) is 6.60. The lowest BCUT2D eigenvalue weighted by atomic mass is 9.84. The Hall–Kier alpha value is -1.09. The van der Waals surface area contributed by atoms with Gasteiger partial charge in [0, 0.05) is 19.8 Å². The molecule has 0 amide bonds. The minimum atomic E-state index is 0.743. The van der Waals surface area contributed by atoms with E-state index in [1.807, 2.05) is 17.9 Å². The highest BCUT2D eigenvalue weighted by molar-refractivity contribution is 5.06. The second-order valence-electron chi connectivity index (χ2n) is 5.37. The molecule has 17 heavy (non-hydrogen) atoms. The van der Waals surface area contributed by atoms with Crippen LogP contribution in [0.2, 0.25) is 0 Å². The summed E-state index contributed by atoms with van der Waals surface area (Å²) in [5.74, 6) is 1.54. The Balaban J connectivity index is 1.76.